The van der Waals surface area contributed by atoms with Gasteiger partial charge in [-0.15, -0.1) is 12.4 Å². The van der Waals surface area contributed by atoms with Crippen molar-refractivity contribution in [2.24, 2.45) is 0 Å². The van der Waals surface area contributed by atoms with E-state index in [1.807, 2.05) is 6.07 Å². The second-order valence-electron chi connectivity index (χ2n) is 4.83. The number of rotatable bonds is 2. The monoisotopic (exact) mass is 274 g/mol. The van der Waals surface area contributed by atoms with Gasteiger partial charge in [-0.05, 0) is 34.9 Å². The fraction of sp³-hybridized carbons (Fsp3) is 0.250. The Labute approximate surface area is 120 Å². The number of nitrogen functional groups attached to an aromatic ring is 1. The normalized spacial score (nSPS) is 13.9. The number of anilines is 1. The molecule has 0 aromatic heterocycles. The minimum Gasteiger partial charge on any atom is -0.398 e. The van der Waals surface area contributed by atoms with Crippen molar-refractivity contribution in [1.29, 1.82) is 0 Å². The maximum atomic E-state index is 6.11. The van der Waals surface area contributed by atoms with Crippen molar-refractivity contribution in [3.05, 3.63) is 53.6 Å². The number of halogens is 1. The molecule has 19 heavy (non-hydrogen) atoms. The van der Waals surface area contributed by atoms with Gasteiger partial charge in [0.15, 0.2) is 0 Å². The summed E-state index contributed by atoms with van der Waals surface area (Å²) in [6, 6.07) is 14.8. The van der Waals surface area contributed by atoms with Gasteiger partial charge in [0.25, 0.3) is 0 Å². The fourth-order valence-corrected chi connectivity index (χ4v) is 2.69. The van der Waals surface area contributed by atoms with E-state index >= 15 is 0 Å². The SMILES string of the molecule is CCN1Cc2c(N)ccc(-c3ccccc3)c2C1.Cl. The van der Waals surface area contributed by atoms with Crippen LogP contribution in [0.5, 0.6) is 0 Å². The third kappa shape index (κ3) is 2.46. The van der Waals surface area contributed by atoms with Crippen LogP contribution in [-0.4, -0.2) is 11.4 Å². The van der Waals surface area contributed by atoms with E-state index in [1.54, 1.807) is 0 Å². The molecule has 1 aliphatic rings. The molecule has 2 N–H and O–H groups in total. The topological polar surface area (TPSA) is 29.3 Å². The maximum Gasteiger partial charge on any atom is 0.0363 e. The molecule has 0 aliphatic carbocycles. The molecule has 0 fully saturated rings. The van der Waals surface area contributed by atoms with Crippen molar-refractivity contribution in [2.45, 2.75) is 20.0 Å². The molecule has 0 radical (unpaired) electrons. The Balaban J connectivity index is 0.00000133. The van der Waals surface area contributed by atoms with Crippen LogP contribution in [0.2, 0.25) is 0 Å². The first-order chi connectivity index (χ1) is 8.79. The first kappa shape index (κ1) is 13.9. The number of nitrogens with zero attached hydrogens (tertiary/aromatic N) is 1. The zero-order chi connectivity index (χ0) is 12.5. The number of hydrogen-bond acceptors (Lipinski definition) is 2. The van der Waals surface area contributed by atoms with E-state index < -0.39 is 0 Å². The van der Waals surface area contributed by atoms with Crippen molar-refractivity contribution >= 4 is 18.1 Å². The highest BCUT2D eigenvalue weighted by Gasteiger charge is 2.22. The Hall–Kier alpha value is -1.51. The molecule has 100 valence electrons. The number of nitrogens with two attached hydrogens (primary N) is 1. The second kappa shape index (κ2) is 5.64. The molecule has 0 spiro atoms. The molecular weight excluding hydrogens is 256 g/mol. The van der Waals surface area contributed by atoms with Gasteiger partial charge in [0.05, 0.1) is 0 Å². The summed E-state index contributed by atoms with van der Waals surface area (Å²) in [5.74, 6) is 0. The predicted molar refractivity (Wildman–Crippen MR) is 83.3 cm³/mol. The van der Waals surface area contributed by atoms with Crippen molar-refractivity contribution in [3.8, 4) is 11.1 Å². The highest BCUT2D eigenvalue weighted by atomic mass is 35.5. The highest BCUT2D eigenvalue weighted by Crippen LogP contribution is 2.35. The molecule has 0 bridgehead atoms. The summed E-state index contributed by atoms with van der Waals surface area (Å²) in [4.78, 5) is 2.42. The minimum atomic E-state index is 0. The predicted octanol–water partition coefficient (Wildman–Crippen LogP) is 3.69. The molecule has 2 nitrogen and oxygen atoms in total. The van der Waals surface area contributed by atoms with E-state index in [2.05, 4.69) is 48.2 Å². The lowest BCUT2D eigenvalue weighted by Gasteiger charge is -2.11. The first-order valence-electron chi connectivity index (χ1n) is 6.47. The molecule has 0 amide bonds. The lowest BCUT2D eigenvalue weighted by Crippen LogP contribution is -2.14. The lowest BCUT2D eigenvalue weighted by molar-refractivity contribution is 0.301. The molecule has 0 saturated heterocycles. The van der Waals surface area contributed by atoms with Gasteiger partial charge in [0.1, 0.15) is 0 Å². The summed E-state index contributed by atoms with van der Waals surface area (Å²) in [5, 5.41) is 0. The summed E-state index contributed by atoms with van der Waals surface area (Å²) in [6.07, 6.45) is 0. The Bertz CT molecular complexity index is 566. The maximum absolute atomic E-state index is 6.11. The van der Waals surface area contributed by atoms with Crippen LogP contribution in [0.3, 0.4) is 0 Å². The van der Waals surface area contributed by atoms with Crippen LogP contribution in [0, 0.1) is 0 Å². The Kier molecular flexibility index (Phi) is 4.13. The summed E-state index contributed by atoms with van der Waals surface area (Å²) < 4.78 is 0. The van der Waals surface area contributed by atoms with Gasteiger partial charge in [0.2, 0.25) is 0 Å². The fourth-order valence-electron chi connectivity index (χ4n) is 2.69. The second-order valence-corrected chi connectivity index (χ2v) is 4.83. The number of fused-ring (bicyclic) bond motifs is 1. The van der Waals surface area contributed by atoms with Crippen LogP contribution in [-0.2, 0) is 13.1 Å². The molecular formula is C16H19ClN2. The molecule has 1 heterocycles. The van der Waals surface area contributed by atoms with E-state index in [9.17, 15) is 0 Å². The quantitative estimate of drug-likeness (QED) is 0.846. The molecule has 1 aliphatic heterocycles. The molecule has 2 aromatic rings. The van der Waals surface area contributed by atoms with Gasteiger partial charge in [-0.3, -0.25) is 4.90 Å². The van der Waals surface area contributed by atoms with Crippen molar-refractivity contribution in [2.75, 3.05) is 12.3 Å². The third-order valence-corrected chi connectivity index (χ3v) is 3.76. The van der Waals surface area contributed by atoms with Gasteiger partial charge in [-0.1, -0.05) is 43.3 Å². The molecule has 0 unspecified atom stereocenters. The average molecular weight is 275 g/mol. The van der Waals surface area contributed by atoms with Crippen LogP contribution in [0.25, 0.3) is 11.1 Å². The lowest BCUT2D eigenvalue weighted by atomic mass is 9.96. The van der Waals surface area contributed by atoms with Gasteiger partial charge >= 0.3 is 0 Å². The van der Waals surface area contributed by atoms with Gasteiger partial charge in [-0.2, -0.15) is 0 Å². The van der Waals surface area contributed by atoms with Gasteiger partial charge in [-0.25, -0.2) is 0 Å². The molecule has 0 saturated carbocycles. The van der Waals surface area contributed by atoms with E-state index in [0.717, 1.165) is 25.3 Å². The zero-order valence-corrected chi connectivity index (χ0v) is 11.9. The van der Waals surface area contributed by atoms with E-state index in [0.29, 0.717) is 0 Å². The van der Waals surface area contributed by atoms with E-state index in [1.165, 1.54) is 22.3 Å². The molecule has 3 rings (SSSR count). The average Bonchev–Trinajstić information content (AvgIpc) is 2.85. The number of benzene rings is 2. The molecule has 2 aromatic carbocycles. The summed E-state index contributed by atoms with van der Waals surface area (Å²) in [6.45, 7) is 5.27. The van der Waals surface area contributed by atoms with Crippen LogP contribution >= 0.6 is 12.4 Å². The van der Waals surface area contributed by atoms with Gasteiger partial charge < -0.3 is 5.73 Å². The Morgan fingerprint density at radius 2 is 1.68 bits per heavy atom. The van der Waals surface area contributed by atoms with Crippen LogP contribution < -0.4 is 5.73 Å². The van der Waals surface area contributed by atoms with Crippen LogP contribution in [0.4, 0.5) is 5.69 Å². The summed E-state index contributed by atoms with van der Waals surface area (Å²) in [5.41, 5.74) is 12.4. The zero-order valence-electron chi connectivity index (χ0n) is 11.1. The smallest absolute Gasteiger partial charge is 0.0363 e. The Morgan fingerprint density at radius 3 is 2.37 bits per heavy atom. The summed E-state index contributed by atoms with van der Waals surface area (Å²) in [7, 11) is 0. The number of hydrogen-bond donors (Lipinski definition) is 1. The largest absolute Gasteiger partial charge is 0.398 e. The standard InChI is InChI=1S/C16H18N2.ClH/c1-2-18-10-14-13(12-6-4-3-5-7-12)8-9-16(17)15(14)11-18;/h3-9H,2,10-11,17H2,1H3;1H. The third-order valence-electron chi connectivity index (χ3n) is 3.76. The molecule has 3 heteroatoms. The van der Waals surface area contributed by atoms with E-state index in [-0.39, 0.29) is 12.4 Å². The van der Waals surface area contributed by atoms with Gasteiger partial charge in [0, 0.05) is 18.8 Å². The molecule has 0 atom stereocenters. The summed E-state index contributed by atoms with van der Waals surface area (Å²) >= 11 is 0. The van der Waals surface area contributed by atoms with E-state index in [4.69, 9.17) is 5.73 Å². The van der Waals surface area contributed by atoms with Crippen LogP contribution in [0.15, 0.2) is 42.5 Å². The van der Waals surface area contributed by atoms with Crippen molar-refractivity contribution in [3.63, 3.8) is 0 Å². The van der Waals surface area contributed by atoms with Crippen molar-refractivity contribution < 1.29 is 0 Å². The first-order valence-corrected chi connectivity index (χ1v) is 6.47. The van der Waals surface area contributed by atoms with Crippen molar-refractivity contribution in [1.82, 2.24) is 4.90 Å². The minimum absolute atomic E-state index is 0. The highest BCUT2D eigenvalue weighted by molar-refractivity contribution is 5.85. The van der Waals surface area contributed by atoms with Crippen LogP contribution in [0.1, 0.15) is 18.1 Å². The Morgan fingerprint density at radius 1 is 1.00 bits per heavy atom.